The third-order valence-electron chi connectivity index (χ3n) is 3.66. The molecule has 0 bridgehead atoms. The van der Waals surface area contributed by atoms with Gasteiger partial charge in [0.25, 0.3) is 5.91 Å². The SMILES string of the molecule is CC(C)CN(CC1CCCN1)C(=O)c1cc(O)ccc1Cl. The van der Waals surface area contributed by atoms with Crippen LogP contribution in [0.3, 0.4) is 0 Å². The van der Waals surface area contributed by atoms with Crippen LogP contribution in [0.25, 0.3) is 0 Å². The van der Waals surface area contributed by atoms with Crippen molar-refractivity contribution in [1.29, 1.82) is 0 Å². The molecule has 1 saturated heterocycles. The lowest BCUT2D eigenvalue weighted by atomic mass is 10.1. The summed E-state index contributed by atoms with van der Waals surface area (Å²) in [7, 11) is 0. The van der Waals surface area contributed by atoms with E-state index in [4.69, 9.17) is 11.6 Å². The number of rotatable bonds is 5. The predicted octanol–water partition coefficient (Wildman–Crippen LogP) is 2.90. The second kappa shape index (κ2) is 7.14. The summed E-state index contributed by atoms with van der Waals surface area (Å²) in [6.45, 7) is 6.56. The molecule has 1 aliphatic heterocycles. The van der Waals surface area contributed by atoms with Crippen LogP contribution in [-0.4, -0.2) is 41.6 Å². The van der Waals surface area contributed by atoms with Crippen molar-refractivity contribution in [2.45, 2.75) is 32.7 Å². The topological polar surface area (TPSA) is 52.6 Å². The minimum absolute atomic E-state index is 0.0613. The molecule has 1 aromatic carbocycles. The van der Waals surface area contributed by atoms with Crippen molar-refractivity contribution in [3.8, 4) is 5.75 Å². The van der Waals surface area contributed by atoms with E-state index < -0.39 is 0 Å². The molecule has 21 heavy (non-hydrogen) atoms. The molecule has 2 rings (SSSR count). The Morgan fingerprint density at radius 3 is 2.90 bits per heavy atom. The fraction of sp³-hybridized carbons (Fsp3) is 0.562. The van der Waals surface area contributed by atoms with Gasteiger partial charge >= 0.3 is 0 Å². The molecule has 0 radical (unpaired) electrons. The van der Waals surface area contributed by atoms with Gasteiger partial charge in [0, 0.05) is 19.1 Å². The molecule has 116 valence electrons. The maximum Gasteiger partial charge on any atom is 0.255 e. The number of hydrogen-bond donors (Lipinski definition) is 2. The van der Waals surface area contributed by atoms with E-state index in [9.17, 15) is 9.90 Å². The normalized spacial score (nSPS) is 18.2. The molecule has 1 amide bonds. The number of hydrogen-bond acceptors (Lipinski definition) is 3. The molecule has 1 heterocycles. The summed E-state index contributed by atoms with van der Waals surface area (Å²) in [6, 6.07) is 4.85. The first kappa shape index (κ1) is 16.1. The van der Waals surface area contributed by atoms with Gasteiger partial charge in [0.05, 0.1) is 10.6 Å². The number of carbonyl (C=O) groups excluding carboxylic acids is 1. The van der Waals surface area contributed by atoms with Gasteiger partial charge < -0.3 is 15.3 Å². The molecule has 1 unspecified atom stereocenters. The van der Waals surface area contributed by atoms with Crippen LogP contribution >= 0.6 is 11.6 Å². The molecule has 1 atom stereocenters. The van der Waals surface area contributed by atoms with Crippen LogP contribution in [0.15, 0.2) is 18.2 Å². The first-order valence-electron chi connectivity index (χ1n) is 7.48. The maximum absolute atomic E-state index is 12.7. The zero-order chi connectivity index (χ0) is 15.4. The zero-order valence-electron chi connectivity index (χ0n) is 12.6. The number of amides is 1. The van der Waals surface area contributed by atoms with Gasteiger partial charge in [-0.1, -0.05) is 25.4 Å². The van der Waals surface area contributed by atoms with Crippen molar-refractivity contribution in [3.63, 3.8) is 0 Å². The number of aromatic hydroxyl groups is 1. The van der Waals surface area contributed by atoms with E-state index >= 15 is 0 Å². The first-order chi connectivity index (χ1) is 9.97. The average Bonchev–Trinajstić information content (AvgIpc) is 2.92. The van der Waals surface area contributed by atoms with Crippen LogP contribution in [0.4, 0.5) is 0 Å². The molecule has 1 aromatic rings. The lowest BCUT2D eigenvalue weighted by Gasteiger charge is -2.28. The molecule has 5 heteroatoms. The van der Waals surface area contributed by atoms with Gasteiger partial charge in [-0.05, 0) is 43.5 Å². The Balaban J connectivity index is 2.17. The van der Waals surface area contributed by atoms with Gasteiger partial charge in [0.15, 0.2) is 0 Å². The highest BCUT2D eigenvalue weighted by molar-refractivity contribution is 6.33. The second-order valence-electron chi connectivity index (χ2n) is 6.06. The number of halogens is 1. The zero-order valence-corrected chi connectivity index (χ0v) is 13.4. The van der Waals surface area contributed by atoms with Crippen LogP contribution in [0, 0.1) is 5.92 Å². The monoisotopic (exact) mass is 310 g/mol. The van der Waals surface area contributed by atoms with Crippen LogP contribution in [0.5, 0.6) is 5.75 Å². The standard InChI is InChI=1S/C16H23ClN2O2/c1-11(2)9-19(10-12-4-3-7-18-12)16(21)14-8-13(20)5-6-15(14)17/h5-6,8,11-12,18,20H,3-4,7,9-10H2,1-2H3. The van der Waals surface area contributed by atoms with Crippen molar-refractivity contribution < 1.29 is 9.90 Å². The largest absolute Gasteiger partial charge is 0.508 e. The molecule has 4 nitrogen and oxygen atoms in total. The summed E-state index contributed by atoms with van der Waals surface area (Å²) in [5.41, 5.74) is 0.371. The van der Waals surface area contributed by atoms with Gasteiger partial charge in [-0.15, -0.1) is 0 Å². The summed E-state index contributed by atoms with van der Waals surface area (Å²) in [5.74, 6) is 0.330. The molecule has 0 aliphatic carbocycles. The second-order valence-corrected chi connectivity index (χ2v) is 6.47. The Hall–Kier alpha value is -1.26. The van der Waals surface area contributed by atoms with E-state index in [1.807, 2.05) is 4.90 Å². The summed E-state index contributed by atoms with van der Waals surface area (Å²) < 4.78 is 0. The van der Waals surface area contributed by atoms with Crippen molar-refractivity contribution in [3.05, 3.63) is 28.8 Å². The fourth-order valence-electron chi connectivity index (χ4n) is 2.71. The minimum Gasteiger partial charge on any atom is -0.508 e. The van der Waals surface area contributed by atoms with Gasteiger partial charge in [0.2, 0.25) is 0 Å². The summed E-state index contributed by atoms with van der Waals surface area (Å²) in [5, 5.41) is 13.4. The Kier molecular flexibility index (Phi) is 5.48. The molecule has 0 aromatic heterocycles. The van der Waals surface area contributed by atoms with Crippen LogP contribution in [0.1, 0.15) is 37.0 Å². The van der Waals surface area contributed by atoms with E-state index in [-0.39, 0.29) is 11.7 Å². The van der Waals surface area contributed by atoms with Crippen LogP contribution in [-0.2, 0) is 0 Å². The number of nitrogens with one attached hydrogen (secondary N) is 1. The van der Waals surface area contributed by atoms with E-state index in [0.29, 0.717) is 35.6 Å². The van der Waals surface area contributed by atoms with Gasteiger partial charge in [-0.25, -0.2) is 0 Å². The quantitative estimate of drug-likeness (QED) is 0.879. The molecule has 0 saturated carbocycles. The summed E-state index contributed by atoms with van der Waals surface area (Å²) in [4.78, 5) is 14.6. The first-order valence-corrected chi connectivity index (χ1v) is 7.86. The number of nitrogens with zero attached hydrogens (tertiary/aromatic N) is 1. The van der Waals surface area contributed by atoms with Gasteiger partial charge in [-0.2, -0.15) is 0 Å². The van der Waals surface area contributed by atoms with Crippen LogP contribution < -0.4 is 5.32 Å². The maximum atomic E-state index is 12.7. The Bertz CT molecular complexity index is 499. The lowest BCUT2D eigenvalue weighted by molar-refractivity contribution is 0.0721. The van der Waals surface area contributed by atoms with E-state index in [2.05, 4.69) is 19.2 Å². The van der Waals surface area contributed by atoms with Crippen molar-refractivity contribution in [2.24, 2.45) is 5.92 Å². The third kappa shape index (κ3) is 4.35. The third-order valence-corrected chi connectivity index (χ3v) is 3.99. The fourth-order valence-corrected chi connectivity index (χ4v) is 2.91. The van der Waals surface area contributed by atoms with E-state index in [1.165, 1.54) is 12.1 Å². The summed E-state index contributed by atoms with van der Waals surface area (Å²) in [6.07, 6.45) is 2.25. The van der Waals surface area contributed by atoms with E-state index in [0.717, 1.165) is 19.4 Å². The van der Waals surface area contributed by atoms with Crippen molar-refractivity contribution in [2.75, 3.05) is 19.6 Å². The molecule has 2 N–H and O–H groups in total. The minimum atomic E-state index is -0.113. The number of benzene rings is 1. The highest BCUT2D eigenvalue weighted by atomic mass is 35.5. The highest BCUT2D eigenvalue weighted by Gasteiger charge is 2.24. The Morgan fingerprint density at radius 2 is 2.29 bits per heavy atom. The number of carbonyl (C=O) groups is 1. The smallest absolute Gasteiger partial charge is 0.255 e. The molecule has 1 fully saturated rings. The van der Waals surface area contributed by atoms with Crippen molar-refractivity contribution >= 4 is 17.5 Å². The lowest BCUT2D eigenvalue weighted by Crippen LogP contribution is -2.42. The number of phenols is 1. The molecular formula is C16H23ClN2O2. The molecule has 1 aliphatic rings. The van der Waals surface area contributed by atoms with Crippen LogP contribution in [0.2, 0.25) is 5.02 Å². The van der Waals surface area contributed by atoms with Gasteiger partial charge in [0.1, 0.15) is 5.75 Å². The van der Waals surface area contributed by atoms with Crippen molar-refractivity contribution in [1.82, 2.24) is 10.2 Å². The average molecular weight is 311 g/mol. The summed E-state index contributed by atoms with van der Waals surface area (Å²) >= 11 is 6.11. The Labute approximate surface area is 131 Å². The predicted molar refractivity (Wildman–Crippen MR) is 84.9 cm³/mol. The molecule has 0 spiro atoms. The Morgan fingerprint density at radius 1 is 1.52 bits per heavy atom. The highest BCUT2D eigenvalue weighted by Crippen LogP contribution is 2.23. The van der Waals surface area contributed by atoms with Gasteiger partial charge in [-0.3, -0.25) is 4.79 Å². The number of phenolic OH excluding ortho intramolecular Hbond substituents is 1. The van der Waals surface area contributed by atoms with E-state index in [1.54, 1.807) is 6.07 Å². The molecular weight excluding hydrogens is 288 g/mol.